The van der Waals surface area contributed by atoms with Gasteiger partial charge in [-0.05, 0) is 18.2 Å². The smallest absolute Gasteiger partial charge is 0.264 e. The minimum atomic E-state index is -3.88. The lowest BCUT2D eigenvalue weighted by Crippen LogP contribution is -2.14. The highest BCUT2D eigenvalue weighted by atomic mass is 35.5. The Morgan fingerprint density at radius 1 is 1.39 bits per heavy atom. The minimum Gasteiger partial charge on any atom is -0.264 e. The summed E-state index contributed by atoms with van der Waals surface area (Å²) in [5, 5.41) is 15.2. The van der Waals surface area contributed by atoms with E-state index in [-0.39, 0.29) is 21.3 Å². The highest BCUT2D eigenvalue weighted by Crippen LogP contribution is 2.22. The first-order chi connectivity index (χ1) is 8.53. The van der Waals surface area contributed by atoms with Crippen molar-refractivity contribution in [2.75, 3.05) is 4.72 Å². The average Bonchev–Trinajstić information content (AvgIpc) is 2.81. The van der Waals surface area contributed by atoms with E-state index in [0.717, 1.165) is 0 Å². The van der Waals surface area contributed by atoms with Crippen molar-refractivity contribution in [3.63, 3.8) is 0 Å². The van der Waals surface area contributed by atoms with Crippen LogP contribution in [-0.2, 0) is 10.0 Å². The quantitative estimate of drug-likeness (QED) is 0.895. The van der Waals surface area contributed by atoms with Crippen LogP contribution in [0.3, 0.4) is 0 Å². The maximum atomic E-state index is 12.1. The number of sulfonamides is 1. The zero-order chi connectivity index (χ0) is 13.2. The minimum absolute atomic E-state index is 0.0198. The van der Waals surface area contributed by atoms with Gasteiger partial charge in [0.05, 0.1) is 11.8 Å². The molecule has 1 heterocycles. The molecule has 0 unspecified atom stereocenters. The second-order valence-electron chi connectivity index (χ2n) is 3.33. The molecule has 6 nitrogen and oxygen atoms in total. The molecule has 2 rings (SSSR count). The number of H-pyrrole nitrogens is 1. The lowest BCUT2D eigenvalue weighted by Gasteiger charge is -2.07. The number of halogens is 1. The lowest BCUT2D eigenvalue weighted by atomic mass is 10.2. The third-order valence-corrected chi connectivity index (χ3v) is 3.74. The fraction of sp³-hybridized carbons (Fsp3) is 0. The molecule has 1 aromatic heterocycles. The third-order valence-electron chi connectivity index (χ3n) is 2.10. The SMILES string of the molecule is N#Cc1ccc(Cl)cc1S(=O)(=O)Nc1ccn[nH]1. The van der Waals surface area contributed by atoms with Gasteiger partial charge in [0.2, 0.25) is 0 Å². The van der Waals surface area contributed by atoms with E-state index in [1.54, 1.807) is 6.07 Å². The van der Waals surface area contributed by atoms with Gasteiger partial charge in [-0.1, -0.05) is 11.6 Å². The number of aromatic nitrogens is 2. The van der Waals surface area contributed by atoms with Crippen LogP contribution in [0.15, 0.2) is 35.4 Å². The summed E-state index contributed by atoms with van der Waals surface area (Å²) in [6, 6.07) is 7.28. The number of aromatic amines is 1. The van der Waals surface area contributed by atoms with Crippen LogP contribution >= 0.6 is 11.6 Å². The maximum Gasteiger partial charge on any atom is 0.264 e. The summed E-state index contributed by atoms with van der Waals surface area (Å²) in [5.74, 6) is 0.207. The zero-order valence-electron chi connectivity index (χ0n) is 8.88. The van der Waals surface area contributed by atoms with Gasteiger partial charge in [0, 0.05) is 11.1 Å². The van der Waals surface area contributed by atoms with Crippen LogP contribution in [0, 0.1) is 11.3 Å². The van der Waals surface area contributed by atoms with Crippen molar-refractivity contribution < 1.29 is 8.42 Å². The predicted molar refractivity (Wildman–Crippen MR) is 65.6 cm³/mol. The van der Waals surface area contributed by atoms with Crippen LogP contribution in [0.5, 0.6) is 0 Å². The van der Waals surface area contributed by atoms with E-state index in [1.165, 1.54) is 30.5 Å². The van der Waals surface area contributed by atoms with Crippen molar-refractivity contribution in [3.8, 4) is 6.07 Å². The summed E-state index contributed by atoms with van der Waals surface area (Å²) in [4.78, 5) is -0.174. The molecule has 0 aliphatic carbocycles. The topological polar surface area (TPSA) is 98.6 Å². The summed E-state index contributed by atoms with van der Waals surface area (Å²) in [6.07, 6.45) is 1.40. The Hall–Kier alpha value is -2.04. The van der Waals surface area contributed by atoms with Crippen molar-refractivity contribution in [3.05, 3.63) is 41.0 Å². The average molecular weight is 283 g/mol. The highest BCUT2D eigenvalue weighted by Gasteiger charge is 2.19. The van der Waals surface area contributed by atoms with Gasteiger partial charge in [-0.3, -0.25) is 9.82 Å². The summed E-state index contributed by atoms with van der Waals surface area (Å²) in [7, 11) is -3.88. The van der Waals surface area contributed by atoms with Gasteiger partial charge in [0.25, 0.3) is 10.0 Å². The number of hydrogen-bond acceptors (Lipinski definition) is 4. The van der Waals surface area contributed by atoms with Crippen LogP contribution in [0.2, 0.25) is 5.02 Å². The first kappa shape index (κ1) is 12.4. The Bertz CT molecular complexity index is 704. The molecule has 2 aromatic rings. The number of anilines is 1. The van der Waals surface area contributed by atoms with E-state index in [4.69, 9.17) is 16.9 Å². The summed E-state index contributed by atoms with van der Waals surface area (Å²) >= 11 is 5.74. The molecule has 0 radical (unpaired) electrons. The van der Waals surface area contributed by atoms with E-state index in [0.29, 0.717) is 0 Å². The van der Waals surface area contributed by atoms with E-state index in [1.807, 2.05) is 0 Å². The molecule has 0 amide bonds. The van der Waals surface area contributed by atoms with Crippen molar-refractivity contribution in [1.82, 2.24) is 10.2 Å². The van der Waals surface area contributed by atoms with Crippen LogP contribution in [0.4, 0.5) is 5.82 Å². The van der Waals surface area contributed by atoms with E-state index in [9.17, 15) is 8.42 Å². The molecular formula is C10H7ClN4O2S. The molecule has 18 heavy (non-hydrogen) atoms. The highest BCUT2D eigenvalue weighted by molar-refractivity contribution is 7.92. The third kappa shape index (κ3) is 2.45. The Morgan fingerprint density at radius 2 is 2.17 bits per heavy atom. The molecular weight excluding hydrogens is 276 g/mol. The van der Waals surface area contributed by atoms with Gasteiger partial charge in [-0.25, -0.2) is 8.42 Å². The standard InChI is InChI=1S/C10H7ClN4O2S/c11-8-2-1-7(6-12)9(5-8)18(16,17)15-10-3-4-13-14-10/h1-5H,(H2,13,14,15). The first-order valence-corrected chi connectivity index (χ1v) is 6.61. The van der Waals surface area contributed by atoms with E-state index < -0.39 is 10.0 Å². The molecule has 0 aliphatic heterocycles. The van der Waals surface area contributed by atoms with Crippen molar-refractivity contribution in [1.29, 1.82) is 5.26 Å². The summed E-state index contributed by atoms with van der Waals surface area (Å²) in [6.45, 7) is 0. The zero-order valence-corrected chi connectivity index (χ0v) is 10.5. The van der Waals surface area contributed by atoms with Crippen LogP contribution in [-0.4, -0.2) is 18.6 Å². The molecule has 2 N–H and O–H groups in total. The Morgan fingerprint density at radius 3 is 2.78 bits per heavy atom. The van der Waals surface area contributed by atoms with Gasteiger partial charge < -0.3 is 0 Å². The monoisotopic (exact) mass is 282 g/mol. The van der Waals surface area contributed by atoms with E-state index in [2.05, 4.69) is 14.9 Å². The lowest BCUT2D eigenvalue weighted by molar-refractivity contribution is 0.600. The number of nitrogens with one attached hydrogen (secondary N) is 2. The largest absolute Gasteiger partial charge is 0.264 e. The van der Waals surface area contributed by atoms with Crippen LogP contribution in [0.1, 0.15) is 5.56 Å². The molecule has 92 valence electrons. The fourth-order valence-electron chi connectivity index (χ4n) is 1.32. The number of nitrogens with zero attached hydrogens (tertiary/aromatic N) is 2. The van der Waals surface area contributed by atoms with Crippen LogP contribution < -0.4 is 4.72 Å². The number of hydrogen-bond donors (Lipinski definition) is 2. The Labute approximate surface area is 108 Å². The molecule has 0 atom stereocenters. The molecule has 0 saturated carbocycles. The first-order valence-electron chi connectivity index (χ1n) is 4.75. The van der Waals surface area contributed by atoms with Gasteiger partial charge in [0.1, 0.15) is 16.8 Å². The predicted octanol–water partition coefficient (Wildman–Crippen LogP) is 1.74. The fourth-order valence-corrected chi connectivity index (χ4v) is 2.76. The normalized spacial score (nSPS) is 10.9. The Balaban J connectivity index is 2.48. The molecule has 8 heteroatoms. The number of benzene rings is 1. The molecule has 0 aliphatic rings. The molecule has 0 bridgehead atoms. The molecule has 0 fully saturated rings. The van der Waals surface area contributed by atoms with E-state index >= 15 is 0 Å². The number of rotatable bonds is 3. The molecule has 0 saturated heterocycles. The summed E-state index contributed by atoms with van der Waals surface area (Å²) < 4.78 is 26.4. The van der Waals surface area contributed by atoms with Crippen LogP contribution in [0.25, 0.3) is 0 Å². The second-order valence-corrected chi connectivity index (χ2v) is 5.42. The Kier molecular flexibility index (Phi) is 3.23. The number of nitriles is 1. The molecule has 0 spiro atoms. The van der Waals surface area contributed by atoms with Gasteiger partial charge in [-0.15, -0.1) is 0 Å². The second kappa shape index (κ2) is 4.68. The summed E-state index contributed by atoms with van der Waals surface area (Å²) in [5.41, 5.74) is 0.0198. The van der Waals surface area contributed by atoms with Crippen molar-refractivity contribution >= 4 is 27.4 Å². The molecule has 1 aromatic carbocycles. The van der Waals surface area contributed by atoms with Gasteiger partial charge in [-0.2, -0.15) is 10.4 Å². The van der Waals surface area contributed by atoms with Crippen molar-refractivity contribution in [2.45, 2.75) is 4.90 Å². The maximum absolute atomic E-state index is 12.1. The van der Waals surface area contributed by atoms with Gasteiger partial charge in [0.15, 0.2) is 0 Å². The van der Waals surface area contributed by atoms with Crippen molar-refractivity contribution in [2.24, 2.45) is 0 Å². The van der Waals surface area contributed by atoms with Gasteiger partial charge >= 0.3 is 0 Å².